The fourth-order valence-corrected chi connectivity index (χ4v) is 4.20. The maximum atomic E-state index is 12.2. The average molecular weight is 397 g/mol. The minimum Gasteiger partial charge on any atom is -0.356 e. The van der Waals surface area contributed by atoms with Gasteiger partial charge < -0.3 is 10.2 Å². The molecule has 1 aliphatic carbocycles. The maximum absolute atomic E-state index is 12.2. The van der Waals surface area contributed by atoms with Crippen molar-refractivity contribution in [1.82, 2.24) is 15.3 Å². The van der Waals surface area contributed by atoms with E-state index in [2.05, 4.69) is 23.2 Å². The lowest BCUT2D eigenvalue weighted by atomic mass is 10.1. The highest BCUT2D eigenvalue weighted by Crippen LogP contribution is 2.28. The lowest BCUT2D eigenvalue weighted by Gasteiger charge is -2.17. The third-order valence-corrected chi connectivity index (χ3v) is 6.29. The van der Waals surface area contributed by atoms with Crippen molar-refractivity contribution in [3.8, 4) is 0 Å². The topological polar surface area (TPSA) is 58.1 Å². The van der Waals surface area contributed by atoms with Crippen LogP contribution in [0.3, 0.4) is 0 Å². The van der Waals surface area contributed by atoms with Gasteiger partial charge in [-0.25, -0.2) is 9.97 Å². The largest absolute Gasteiger partial charge is 0.356 e. The molecule has 0 unspecified atom stereocenters. The Balaban J connectivity index is 1.36. The Hall–Kier alpha value is -2.08. The SMILES string of the molecule is CCc1cc(N2CCCC2)nc(SCc2ccc(C(=O)NCC3CC3)cc2)n1. The van der Waals surface area contributed by atoms with Crippen LogP contribution in [0.1, 0.15) is 54.2 Å². The number of carbonyl (C=O) groups is 1. The summed E-state index contributed by atoms with van der Waals surface area (Å²) in [4.78, 5) is 24.0. The fourth-order valence-electron chi connectivity index (χ4n) is 3.37. The van der Waals surface area contributed by atoms with Gasteiger partial charge in [0.15, 0.2) is 5.16 Å². The molecule has 0 spiro atoms. The van der Waals surface area contributed by atoms with Gasteiger partial charge in [-0.1, -0.05) is 30.8 Å². The quantitative estimate of drug-likeness (QED) is 0.538. The number of aromatic nitrogens is 2. The van der Waals surface area contributed by atoms with Crippen molar-refractivity contribution in [2.45, 2.75) is 49.9 Å². The molecule has 0 radical (unpaired) electrons. The van der Waals surface area contributed by atoms with Crippen molar-refractivity contribution in [1.29, 1.82) is 0 Å². The number of anilines is 1. The van der Waals surface area contributed by atoms with Gasteiger partial charge >= 0.3 is 0 Å². The molecule has 148 valence electrons. The predicted octanol–water partition coefficient (Wildman–Crippen LogP) is 4.07. The van der Waals surface area contributed by atoms with Crippen molar-refractivity contribution in [3.63, 3.8) is 0 Å². The molecule has 6 heteroatoms. The number of benzene rings is 1. The fraction of sp³-hybridized carbons (Fsp3) is 0.500. The summed E-state index contributed by atoms with van der Waals surface area (Å²) < 4.78 is 0. The number of thioether (sulfide) groups is 1. The number of carbonyl (C=O) groups excluding carboxylic acids is 1. The van der Waals surface area contributed by atoms with Crippen LogP contribution in [0.25, 0.3) is 0 Å². The van der Waals surface area contributed by atoms with Crippen LogP contribution in [0.4, 0.5) is 5.82 Å². The number of amides is 1. The van der Waals surface area contributed by atoms with E-state index in [-0.39, 0.29) is 5.91 Å². The van der Waals surface area contributed by atoms with E-state index in [1.165, 1.54) is 31.2 Å². The summed E-state index contributed by atoms with van der Waals surface area (Å²) in [5.41, 5.74) is 3.01. The molecule has 0 bridgehead atoms. The first kappa shape index (κ1) is 19.2. The predicted molar refractivity (Wildman–Crippen MR) is 114 cm³/mol. The molecule has 1 saturated heterocycles. The lowest BCUT2D eigenvalue weighted by Crippen LogP contribution is -2.25. The first-order valence-electron chi connectivity index (χ1n) is 10.3. The van der Waals surface area contributed by atoms with Gasteiger partial charge in [-0.05, 0) is 55.7 Å². The minimum absolute atomic E-state index is 0.0281. The van der Waals surface area contributed by atoms with Crippen LogP contribution in [0.2, 0.25) is 0 Å². The second-order valence-corrected chi connectivity index (χ2v) is 8.63. The maximum Gasteiger partial charge on any atom is 0.251 e. The van der Waals surface area contributed by atoms with E-state index in [1.54, 1.807) is 11.8 Å². The normalized spacial score (nSPS) is 16.4. The molecule has 2 heterocycles. The second kappa shape index (κ2) is 8.95. The third kappa shape index (κ3) is 5.04. The average Bonchev–Trinajstić information content (AvgIpc) is 3.41. The Kier molecular flexibility index (Phi) is 6.15. The molecule has 4 rings (SSSR count). The zero-order valence-electron chi connectivity index (χ0n) is 16.5. The van der Waals surface area contributed by atoms with E-state index in [9.17, 15) is 4.79 Å². The van der Waals surface area contributed by atoms with Gasteiger partial charge in [-0.3, -0.25) is 4.79 Å². The third-order valence-electron chi connectivity index (χ3n) is 5.37. The Labute approximate surface area is 171 Å². The zero-order valence-corrected chi connectivity index (χ0v) is 17.3. The van der Waals surface area contributed by atoms with Gasteiger partial charge in [0.25, 0.3) is 5.91 Å². The van der Waals surface area contributed by atoms with Gasteiger partial charge in [0, 0.05) is 42.7 Å². The van der Waals surface area contributed by atoms with Crippen LogP contribution in [0.5, 0.6) is 0 Å². The molecule has 5 nitrogen and oxygen atoms in total. The summed E-state index contributed by atoms with van der Waals surface area (Å²) in [5, 5.41) is 3.86. The molecule has 28 heavy (non-hydrogen) atoms. The monoisotopic (exact) mass is 396 g/mol. The van der Waals surface area contributed by atoms with Crippen LogP contribution < -0.4 is 10.2 Å². The molecule has 1 saturated carbocycles. The Morgan fingerprint density at radius 2 is 1.93 bits per heavy atom. The minimum atomic E-state index is 0.0281. The summed E-state index contributed by atoms with van der Waals surface area (Å²) in [7, 11) is 0. The number of hydrogen-bond donors (Lipinski definition) is 1. The van der Waals surface area contributed by atoms with E-state index in [0.717, 1.165) is 54.0 Å². The van der Waals surface area contributed by atoms with Crippen LogP contribution in [-0.4, -0.2) is 35.5 Å². The van der Waals surface area contributed by atoms with Crippen molar-refractivity contribution < 1.29 is 4.79 Å². The molecule has 2 aromatic rings. The number of rotatable bonds is 8. The van der Waals surface area contributed by atoms with Crippen molar-refractivity contribution in [2.24, 2.45) is 5.92 Å². The Bertz CT molecular complexity index is 814. The highest BCUT2D eigenvalue weighted by atomic mass is 32.2. The van der Waals surface area contributed by atoms with Crippen LogP contribution in [0, 0.1) is 5.92 Å². The van der Waals surface area contributed by atoms with Crippen LogP contribution >= 0.6 is 11.8 Å². The van der Waals surface area contributed by atoms with Gasteiger partial charge in [-0.15, -0.1) is 0 Å². The molecule has 1 N–H and O–H groups in total. The van der Waals surface area contributed by atoms with Gasteiger partial charge in [0.1, 0.15) is 5.82 Å². The first-order valence-corrected chi connectivity index (χ1v) is 11.3. The zero-order chi connectivity index (χ0) is 19.3. The lowest BCUT2D eigenvalue weighted by molar-refractivity contribution is 0.0952. The summed E-state index contributed by atoms with van der Waals surface area (Å²) in [5.74, 6) is 2.59. The van der Waals surface area contributed by atoms with Gasteiger partial charge in [-0.2, -0.15) is 0 Å². The number of aryl methyl sites for hydroxylation is 1. The number of hydrogen-bond acceptors (Lipinski definition) is 5. The van der Waals surface area contributed by atoms with E-state index < -0.39 is 0 Å². The Morgan fingerprint density at radius 3 is 2.61 bits per heavy atom. The standard InChI is InChI=1S/C22H28N4OS/c1-2-19-13-20(26-11-3-4-12-26)25-22(24-19)28-15-17-7-9-18(10-8-17)21(27)23-14-16-5-6-16/h7-10,13,16H,2-6,11-12,14-15H2,1H3,(H,23,27). The molecular weight excluding hydrogens is 368 g/mol. The van der Waals surface area contributed by atoms with E-state index in [0.29, 0.717) is 5.92 Å². The van der Waals surface area contributed by atoms with Crippen LogP contribution in [0.15, 0.2) is 35.5 Å². The highest BCUT2D eigenvalue weighted by molar-refractivity contribution is 7.98. The number of nitrogens with one attached hydrogen (secondary N) is 1. The molecule has 0 atom stereocenters. The van der Waals surface area contributed by atoms with E-state index in [4.69, 9.17) is 9.97 Å². The summed E-state index contributed by atoms with van der Waals surface area (Å²) >= 11 is 1.66. The second-order valence-electron chi connectivity index (χ2n) is 7.69. The molecular formula is C22H28N4OS. The summed E-state index contributed by atoms with van der Waals surface area (Å²) in [6, 6.07) is 10.0. The molecule has 2 aliphatic rings. The first-order chi connectivity index (χ1) is 13.7. The molecule has 1 amide bonds. The van der Waals surface area contributed by atoms with Crippen LogP contribution in [-0.2, 0) is 12.2 Å². The molecule has 1 aliphatic heterocycles. The van der Waals surface area contributed by atoms with Gasteiger partial charge in [0.05, 0.1) is 0 Å². The molecule has 2 fully saturated rings. The number of nitrogens with zero attached hydrogens (tertiary/aromatic N) is 3. The highest BCUT2D eigenvalue weighted by Gasteiger charge is 2.21. The summed E-state index contributed by atoms with van der Waals surface area (Å²) in [6.45, 7) is 5.13. The Morgan fingerprint density at radius 1 is 1.18 bits per heavy atom. The van der Waals surface area contributed by atoms with Gasteiger partial charge in [0.2, 0.25) is 0 Å². The molecule has 1 aromatic heterocycles. The smallest absolute Gasteiger partial charge is 0.251 e. The van der Waals surface area contributed by atoms with Crippen molar-refractivity contribution in [2.75, 3.05) is 24.5 Å². The van der Waals surface area contributed by atoms with E-state index in [1.807, 2.05) is 24.3 Å². The molecule has 1 aromatic carbocycles. The van der Waals surface area contributed by atoms with Crippen molar-refractivity contribution in [3.05, 3.63) is 47.2 Å². The van der Waals surface area contributed by atoms with E-state index >= 15 is 0 Å². The summed E-state index contributed by atoms with van der Waals surface area (Å²) in [6.07, 6.45) is 5.90. The van der Waals surface area contributed by atoms with Crippen molar-refractivity contribution >= 4 is 23.5 Å².